The number of nitrogens with two attached hydrogens (primary N) is 1. The number of nitrogens with one attached hydrogen (secondary N) is 1. The minimum Gasteiger partial charge on any atom is -0.399 e. The van der Waals surface area contributed by atoms with E-state index in [2.05, 4.69) is 10.4 Å². The van der Waals surface area contributed by atoms with E-state index in [-0.39, 0.29) is 0 Å². The van der Waals surface area contributed by atoms with Gasteiger partial charge in [-0.25, -0.2) is 0 Å². The number of nitrogens with zero attached hydrogens (tertiary/aromatic N) is 2. The van der Waals surface area contributed by atoms with Crippen LogP contribution < -0.4 is 11.1 Å². The topological polar surface area (TPSA) is 55.9 Å². The van der Waals surface area contributed by atoms with E-state index in [1.54, 1.807) is 4.68 Å². The van der Waals surface area contributed by atoms with Gasteiger partial charge < -0.3 is 11.1 Å². The predicted molar refractivity (Wildman–Crippen MR) is 62.1 cm³/mol. The number of rotatable bonds is 2. The average Bonchev–Trinajstić information content (AvgIpc) is 2.49. The van der Waals surface area contributed by atoms with Crippen molar-refractivity contribution in [2.75, 3.05) is 11.1 Å². The lowest BCUT2D eigenvalue weighted by Gasteiger charge is -2.05. The third kappa shape index (κ3) is 2.28. The molecule has 0 unspecified atom stereocenters. The van der Waals surface area contributed by atoms with Gasteiger partial charge in [0.25, 0.3) is 0 Å². The molecule has 2 rings (SSSR count). The summed E-state index contributed by atoms with van der Waals surface area (Å²) in [6, 6.07) is 7.77. The zero-order valence-electron chi connectivity index (χ0n) is 8.86. The fraction of sp³-hybridized carbons (Fsp3) is 0.182. The summed E-state index contributed by atoms with van der Waals surface area (Å²) in [6.45, 7) is 2.01. The highest BCUT2D eigenvalue weighted by Gasteiger charge is 1.99. The molecule has 0 saturated carbocycles. The van der Waals surface area contributed by atoms with Gasteiger partial charge in [0.15, 0.2) is 5.82 Å². The van der Waals surface area contributed by atoms with Crippen molar-refractivity contribution in [3.63, 3.8) is 0 Å². The second-order valence-corrected chi connectivity index (χ2v) is 3.63. The third-order valence-electron chi connectivity index (χ3n) is 2.09. The maximum atomic E-state index is 5.75. The van der Waals surface area contributed by atoms with Gasteiger partial charge in [0, 0.05) is 30.7 Å². The molecule has 0 fully saturated rings. The molecule has 0 aliphatic heterocycles. The molecule has 15 heavy (non-hydrogen) atoms. The van der Waals surface area contributed by atoms with E-state index in [1.807, 2.05) is 44.4 Å². The van der Waals surface area contributed by atoms with Crippen molar-refractivity contribution in [3.8, 4) is 0 Å². The summed E-state index contributed by atoms with van der Waals surface area (Å²) in [4.78, 5) is 0. The van der Waals surface area contributed by atoms with Crippen LogP contribution in [0.3, 0.4) is 0 Å². The predicted octanol–water partition coefficient (Wildman–Crippen LogP) is 2.05. The first-order valence-corrected chi connectivity index (χ1v) is 4.77. The molecule has 4 heteroatoms. The molecule has 0 aliphatic rings. The molecule has 3 N–H and O–H groups in total. The summed E-state index contributed by atoms with van der Waals surface area (Å²) in [5, 5.41) is 7.42. The number of nitrogen functional groups attached to an aromatic ring is 1. The fourth-order valence-corrected chi connectivity index (χ4v) is 1.51. The van der Waals surface area contributed by atoms with Crippen LogP contribution in [0.5, 0.6) is 0 Å². The number of aromatic nitrogens is 2. The Morgan fingerprint density at radius 1 is 1.33 bits per heavy atom. The first-order valence-electron chi connectivity index (χ1n) is 4.77. The highest BCUT2D eigenvalue weighted by molar-refractivity contribution is 5.62. The third-order valence-corrected chi connectivity index (χ3v) is 2.09. The number of aryl methyl sites for hydroxylation is 2. The monoisotopic (exact) mass is 202 g/mol. The van der Waals surface area contributed by atoms with Gasteiger partial charge in [-0.1, -0.05) is 0 Å². The zero-order valence-corrected chi connectivity index (χ0v) is 8.86. The van der Waals surface area contributed by atoms with Gasteiger partial charge in [-0.3, -0.25) is 4.68 Å². The van der Waals surface area contributed by atoms with Crippen molar-refractivity contribution >= 4 is 17.2 Å². The second-order valence-electron chi connectivity index (χ2n) is 3.63. The summed E-state index contributed by atoms with van der Waals surface area (Å²) in [6.07, 6.45) is 1.89. The molecule has 0 aliphatic carbocycles. The van der Waals surface area contributed by atoms with Crippen LogP contribution in [0, 0.1) is 6.92 Å². The Labute approximate surface area is 88.7 Å². The molecule has 0 radical (unpaired) electrons. The van der Waals surface area contributed by atoms with Crippen LogP contribution >= 0.6 is 0 Å². The fourth-order valence-electron chi connectivity index (χ4n) is 1.51. The van der Waals surface area contributed by atoms with Crippen molar-refractivity contribution in [1.29, 1.82) is 0 Å². The Kier molecular flexibility index (Phi) is 2.33. The Morgan fingerprint density at radius 3 is 2.73 bits per heavy atom. The van der Waals surface area contributed by atoms with E-state index >= 15 is 0 Å². The van der Waals surface area contributed by atoms with Crippen LogP contribution in [0.4, 0.5) is 17.2 Å². The summed E-state index contributed by atoms with van der Waals surface area (Å²) in [5.74, 6) is 0.822. The maximum Gasteiger partial charge on any atom is 0.152 e. The van der Waals surface area contributed by atoms with Gasteiger partial charge in [0.1, 0.15) is 0 Å². The normalized spacial score (nSPS) is 10.3. The Balaban J connectivity index is 2.24. The minimum atomic E-state index is 0.758. The van der Waals surface area contributed by atoms with E-state index in [0.29, 0.717) is 0 Å². The van der Waals surface area contributed by atoms with Crippen LogP contribution in [-0.2, 0) is 7.05 Å². The van der Waals surface area contributed by atoms with Crippen LogP contribution in [0.1, 0.15) is 5.56 Å². The molecule has 1 aromatic heterocycles. The lowest BCUT2D eigenvalue weighted by Crippen LogP contribution is -1.95. The molecule has 0 bridgehead atoms. The molecular weight excluding hydrogens is 188 g/mol. The molecule has 1 heterocycles. The van der Waals surface area contributed by atoms with E-state index < -0.39 is 0 Å². The van der Waals surface area contributed by atoms with Gasteiger partial charge in [-0.15, -0.1) is 0 Å². The lowest BCUT2D eigenvalue weighted by atomic mass is 10.2. The van der Waals surface area contributed by atoms with Gasteiger partial charge in [0.2, 0.25) is 0 Å². The average molecular weight is 202 g/mol. The summed E-state index contributed by atoms with van der Waals surface area (Å²) >= 11 is 0. The van der Waals surface area contributed by atoms with Crippen molar-refractivity contribution in [2.24, 2.45) is 7.05 Å². The molecular formula is C11H14N4. The van der Waals surface area contributed by atoms with Crippen molar-refractivity contribution in [2.45, 2.75) is 6.92 Å². The number of anilines is 3. The number of hydrogen-bond acceptors (Lipinski definition) is 3. The standard InChI is InChI=1S/C11H14N4/c1-8-5-9(12)7-10(6-8)13-11-3-4-15(2)14-11/h3-7H,12H2,1-2H3,(H,13,14). The molecule has 0 saturated heterocycles. The van der Waals surface area contributed by atoms with Crippen LogP contribution in [0.25, 0.3) is 0 Å². The van der Waals surface area contributed by atoms with Crippen molar-refractivity contribution in [1.82, 2.24) is 9.78 Å². The quantitative estimate of drug-likeness (QED) is 0.733. The number of benzene rings is 1. The van der Waals surface area contributed by atoms with Crippen LogP contribution in [-0.4, -0.2) is 9.78 Å². The van der Waals surface area contributed by atoms with Crippen molar-refractivity contribution in [3.05, 3.63) is 36.0 Å². The molecule has 1 aromatic carbocycles. The molecule has 4 nitrogen and oxygen atoms in total. The molecule has 0 amide bonds. The highest BCUT2D eigenvalue weighted by atomic mass is 15.3. The van der Waals surface area contributed by atoms with Gasteiger partial charge in [-0.2, -0.15) is 5.10 Å². The van der Waals surface area contributed by atoms with Gasteiger partial charge in [0.05, 0.1) is 0 Å². The van der Waals surface area contributed by atoms with Crippen LogP contribution in [0.15, 0.2) is 30.5 Å². The highest BCUT2D eigenvalue weighted by Crippen LogP contribution is 2.19. The summed E-state index contributed by atoms with van der Waals surface area (Å²) in [7, 11) is 1.88. The minimum absolute atomic E-state index is 0.758. The van der Waals surface area contributed by atoms with E-state index in [1.165, 1.54) is 0 Å². The Bertz CT molecular complexity index is 453. The number of hydrogen-bond donors (Lipinski definition) is 2. The zero-order chi connectivity index (χ0) is 10.8. The smallest absolute Gasteiger partial charge is 0.152 e. The Morgan fingerprint density at radius 2 is 2.13 bits per heavy atom. The van der Waals surface area contributed by atoms with Crippen molar-refractivity contribution < 1.29 is 0 Å². The summed E-state index contributed by atoms with van der Waals surface area (Å²) in [5.41, 5.74) is 8.61. The van der Waals surface area contributed by atoms with E-state index in [4.69, 9.17) is 5.73 Å². The van der Waals surface area contributed by atoms with E-state index in [9.17, 15) is 0 Å². The van der Waals surface area contributed by atoms with Crippen LogP contribution in [0.2, 0.25) is 0 Å². The molecule has 78 valence electrons. The second kappa shape index (κ2) is 3.65. The van der Waals surface area contributed by atoms with E-state index in [0.717, 1.165) is 22.8 Å². The Hall–Kier alpha value is -1.97. The van der Waals surface area contributed by atoms with Gasteiger partial charge >= 0.3 is 0 Å². The SMILES string of the molecule is Cc1cc(N)cc(Nc2ccn(C)n2)c1. The molecule has 2 aromatic rings. The van der Waals surface area contributed by atoms with Gasteiger partial charge in [-0.05, 0) is 30.7 Å². The first-order chi connectivity index (χ1) is 7.13. The molecule has 0 atom stereocenters. The maximum absolute atomic E-state index is 5.75. The lowest BCUT2D eigenvalue weighted by molar-refractivity contribution is 0.771. The first kappa shape index (κ1) is 9.58. The molecule has 0 spiro atoms. The summed E-state index contributed by atoms with van der Waals surface area (Å²) < 4.78 is 1.75. The largest absolute Gasteiger partial charge is 0.399 e.